The quantitative estimate of drug-likeness (QED) is 0.664. The fraction of sp³-hybridized carbons (Fsp3) is 0.385. The van der Waals surface area contributed by atoms with Crippen LogP contribution in [0.3, 0.4) is 0 Å². The molecule has 6 heteroatoms. The number of amides is 1. The van der Waals surface area contributed by atoms with E-state index in [4.69, 9.17) is 4.74 Å². The number of hydrogen-bond donors (Lipinski definition) is 1. The molecule has 1 aromatic heterocycles. The minimum Gasteiger partial charge on any atom is -0.481 e. The molecule has 168 valence electrons. The number of likely N-dealkylation sites (tertiary alicyclic amines) is 1. The third-order valence-electron chi connectivity index (χ3n) is 6.41. The van der Waals surface area contributed by atoms with Crippen LogP contribution >= 0.6 is 0 Å². The average Bonchev–Trinajstić information content (AvgIpc) is 2.80. The molecule has 2 atom stereocenters. The van der Waals surface area contributed by atoms with E-state index >= 15 is 0 Å². The largest absolute Gasteiger partial charge is 0.481 e. The summed E-state index contributed by atoms with van der Waals surface area (Å²) in [6, 6.07) is 13.9. The molecule has 0 spiro atoms. The fourth-order valence-corrected chi connectivity index (χ4v) is 4.50. The highest BCUT2D eigenvalue weighted by Gasteiger charge is 2.28. The summed E-state index contributed by atoms with van der Waals surface area (Å²) in [5.41, 5.74) is 3.01. The summed E-state index contributed by atoms with van der Waals surface area (Å²) >= 11 is 0. The number of fused-ring (bicyclic) bond motifs is 1. The third kappa shape index (κ3) is 4.41. The molecule has 0 unspecified atom stereocenters. The van der Waals surface area contributed by atoms with Crippen LogP contribution in [-0.2, 0) is 4.79 Å². The molecule has 0 saturated carbocycles. The lowest BCUT2D eigenvalue weighted by Crippen LogP contribution is -2.50. The first kappa shape index (κ1) is 22.1. The van der Waals surface area contributed by atoms with Crippen LogP contribution < -0.4 is 10.3 Å². The van der Waals surface area contributed by atoms with Crippen LogP contribution in [0.2, 0.25) is 0 Å². The number of aryl methyl sites for hydroxylation is 1. The van der Waals surface area contributed by atoms with E-state index in [1.165, 1.54) is 0 Å². The van der Waals surface area contributed by atoms with Crippen molar-refractivity contribution < 1.29 is 9.53 Å². The highest BCUT2D eigenvalue weighted by atomic mass is 16.5. The zero-order chi connectivity index (χ0) is 22.8. The number of carbonyl (C=O) groups is 1. The number of rotatable bonds is 5. The Kier molecular flexibility index (Phi) is 6.33. The van der Waals surface area contributed by atoms with Gasteiger partial charge in [-0.3, -0.25) is 9.59 Å². The molecule has 1 aliphatic rings. The Hall–Kier alpha value is -3.12. The van der Waals surface area contributed by atoms with Gasteiger partial charge < -0.3 is 19.5 Å². The minimum atomic E-state index is -0.619. The van der Waals surface area contributed by atoms with Crippen molar-refractivity contribution in [2.45, 2.75) is 38.8 Å². The Labute approximate surface area is 188 Å². The van der Waals surface area contributed by atoms with Crippen molar-refractivity contribution in [1.29, 1.82) is 0 Å². The standard InChI is InChI=1S/C26H31N3O3/c1-17-8-5-6-10-21(17)24-15-27-25(30)23-14-20(11-12-22(23)24)32-18(2)26(31)29-13-7-9-19(16-29)28(3)4/h5-6,8,10-12,14-15,18-19H,7,9,13,16H2,1-4H3,(H,27,30)/t18-,19+/m1/s1. The van der Waals surface area contributed by atoms with Crippen molar-refractivity contribution in [1.82, 2.24) is 14.8 Å². The van der Waals surface area contributed by atoms with Gasteiger partial charge in [0.15, 0.2) is 6.10 Å². The molecule has 3 aromatic rings. The van der Waals surface area contributed by atoms with Crippen LogP contribution in [0.25, 0.3) is 21.9 Å². The van der Waals surface area contributed by atoms with Crippen molar-refractivity contribution in [3.63, 3.8) is 0 Å². The number of benzene rings is 2. The number of hydrogen-bond acceptors (Lipinski definition) is 4. The fourth-order valence-electron chi connectivity index (χ4n) is 4.50. The van der Waals surface area contributed by atoms with Crippen molar-refractivity contribution in [3.05, 3.63) is 64.6 Å². The zero-order valence-electron chi connectivity index (χ0n) is 19.2. The zero-order valence-corrected chi connectivity index (χ0v) is 19.2. The number of piperidine rings is 1. The van der Waals surface area contributed by atoms with Crippen LogP contribution in [0.4, 0.5) is 0 Å². The normalized spacial score (nSPS) is 17.5. The Morgan fingerprint density at radius 2 is 1.94 bits per heavy atom. The van der Waals surface area contributed by atoms with E-state index in [1.54, 1.807) is 19.2 Å². The maximum atomic E-state index is 13.0. The molecular formula is C26H31N3O3. The van der Waals surface area contributed by atoms with Gasteiger partial charge in [-0.1, -0.05) is 24.3 Å². The van der Waals surface area contributed by atoms with Gasteiger partial charge in [-0.2, -0.15) is 0 Å². The number of pyridine rings is 1. The number of aromatic nitrogens is 1. The lowest BCUT2D eigenvalue weighted by molar-refractivity contribution is -0.139. The minimum absolute atomic E-state index is 0.0146. The van der Waals surface area contributed by atoms with Crippen LogP contribution in [0.1, 0.15) is 25.3 Å². The maximum Gasteiger partial charge on any atom is 0.263 e. The number of H-pyrrole nitrogens is 1. The van der Waals surface area contributed by atoms with Gasteiger partial charge in [0.25, 0.3) is 11.5 Å². The first-order valence-electron chi connectivity index (χ1n) is 11.2. The lowest BCUT2D eigenvalue weighted by atomic mass is 9.97. The van der Waals surface area contributed by atoms with Gasteiger partial charge in [0.2, 0.25) is 0 Å². The van der Waals surface area contributed by atoms with Crippen molar-refractivity contribution in [2.24, 2.45) is 0 Å². The predicted octanol–water partition coefficient (Wildman–Crippen LogP) is 3.82. The molecule has 2 heterocycles. The van der Waals surface area contributed by atoms with E-state index in [0.717, 1.165) is 48.0 Å². The van der Waals surface area contributed by atoms with Gasteiger partial charge in [0.1, 0.15) is 5.75 Å². The summed E-state index contributed by atoms with van der Waals surface area (Å²) in [7, 11) is 4.10. The summed E-state index contributed by atoms with van der Waals surface area (Å²) in [5.74, 6) is 0.506. The van der Waals surface area contributed by atoms with Crippen LogP contribution in [0, 0.1) is 6.92 Å². The number of likely N-dealkylation sites (N-methyl/N-ethyl adjacent to an activating group) is 1. The first-order valence-corrected chi connectivity index (χ1v) is 11.2. The molecule has 1 amide bonds. The highest BCUT2D eigenvalue weighted by Crippen LogP contribution is 2.30. The molecule has 6 nitrogen and oxygen atoms in total. The molecule has 1 N–H and O–H groups in total. The maximum absolute atomic E-state index is 13.0. The van der Waals surface area contributed by atoms with Crippen molar-refractivity contribution in [3.8, 4) is 16.9 Å². The molecule has 0 bridgehead atoms. The van der Waals surface area contributed by atoms with E-state index in [0.29, 0.717) is 17.2 Å². The van der Waals surface area contributed by atoms with E-state index in [-0.39, 0.29) is 11.5 Å². The molecule has 4 rings (SSSR count). The Morgan fingerprint density at radius 3 is 2.69 bits per heavy atom. The Bertz CT molecular complexity index is 1180. The lowest BCUT2D eigenvalue weighted by Gasteiger charge is -2.37. The van der Waals surface area contributed by atoms with Crippen LogP contribution in [-0.4, -0.2) is 60.0 Å². The SMILES string of the molecule is Cc1ccccc1-c1c[nH]c(=O)c2cc(O[C@H](C)C(=O)N3CCC[C@H](N(C)C)C3)ccc12. The molecule has 1 saturated heterocycles. The van der Waals surface area contributed by atoms with Gasteiger partial charge in [0.05, 0.1) is 5.39 Å². The average molecular weight is 434 g/mol. The molecule has 1 aliphatic heterocycles. The second-order valence-corrected chi connectivity index (χ2v) is 8.86. The molecule has 2 aromatic carbocycles. The van der Waals surface area contributed by atoms with E-state index in [9.17, 15) is 9.59 Å². The van der Waals surface area contributed by atoms with Gasteiger partial charge in [0, 0.05) is 30.9 Å². The number of carbonyl (C=O) groups excluding carboxylic acids is 1. The first-order chi connectivity index (χ1) is 15.3. The molecular weight excluding hydrogens is 402 g/mol. The van der Waals surface area contributed by atoms with Gasteiger partial charge in [-0.25, -0.2) is 0 Å². The Morgan fingerprint density at radius 1 is 1.16 bits per heavy atom. The van der Waals surface area contributed by atoms with Gasteiger partial charge >= 0.3 is 0 Å². The van der Waals surface area contributed by atoms with E-state index < -0.39 is 6.10 Å². The molecule has 0 radical (unpaired) electrons. The summed E-state index contributed by atoms with van der Waals surface area (Å²) in [6.07, 6.45) is 3.24. The van der Waals surface area contributed by atoms with Crippen LogP contribution in [0.5, 0.6) is 5.75 Å². The predicted molar refractivity (Wildman–Crippen MR) is 128 cm³/mol. The number of aromatic amines is 1. The van der Waals surface area contributed by atoms with Crippen molar-refractivity contribution in [2.75, 3.05) is 27.2 Å². The summed E-state index contributed by atoms with van der Waals surface area (Å²) in [6.45, 7) is 5.31. The van der Waals surface area contributed by atoms with E-state index in [1.807, 2.05) is 35.2 Å². The molecule has 32 heavy (non-hydrogen) atoms. The second-order valence-electron chi connectivity index (χ2n) is 8.86. The monoisotopic (exact) mass is 433 g/mol. The Balaban J connectivity index is 1.58. The second kappa shape index (κ2) is 9.17. The third-order valence-corrected chi connectivity index (χ3v) is 6.41. The van der Waals surface area contributed by atoms with Gasteiger partial charge in [-0.05, 0) is 75.5 Å². The molecule has 0 aliphatic carbocycles. The molecule has 1 fully saturated rings. The summed E-state index contributed by atoms with van der Waals surface area (Å²) in [4.78, 5) is 32.5. The van der Waals surface area contributed by atoms with Crippen LogP contribution in [0.15, 0.2) is 53.5 Å². The highest BCUT2D eigenvalue weighted by molar-refractivity contribution is 5.97. The topological polar surface area (TPSA) is 65.6 Å². The van der Waals surface area contributed by atoms with E-state index in [2.05, 4.69) is 37.0 Å². The summed E-state index contributed by atoms with van der Waals surface area (Å²) < 4.78 is 6.00. The number of nitrogens with zero attached hydrogens (tertiary/aromatic N) is 2. The summed E-state index contributed by atoms with van der Waals surface area (Å²) in [5, 5.41) is 1.41. The number of nitrogens with one attached hydrogen (secondary N) is 1. The smallest absolute Gasteiger partial charge is 0.263 e. The van der Waals surface area contributed by atoms with Gasteiger partial charge in [-0.15, -0.1) is 0 Å². The van der Waals surface area contributed by atoms with Crippen molar-refractivity contribution >= 4 is 16.7 Å². The number of ether oxygens (including phenoxy) is 1.